The van der Waals surface area contributed by atoms with Crippen LogP contribution >= 0.6 is 15.9 Å². The molecule has 92 valence electrons. The first kappa shape index (κ1) is 15.8. The molecule has 0 bridgehead atoms. The summed E-state index contributed by atoms with van der Waals surface area (Å²) in [5, 5.41) is 1.16. The van der Waals surface area contributed by atoms with Crippen LogP contribution < -0.4 is 0 Å². The highest BCUT2D eigenvalue weighted by Crippen LogP contribution is 2.09. The quantitative estimate of drug-likeness (QED) is 0.299. The fraction of sp³-hybridized carbons (Fsp3) is 0.733. The molecule has 0 aromatic heterocycles. The van der Waals surface area contributed by atoms with E-state index in [0.717, 1.165) is 11.8 Å². The third-order valence-electron chi connectivity index (χ3n) is 2.54. The van der Waals surface area contributed by atoms with E-state index in [4.69, 9.17) is 0 Å². The summed E-state index contributed by atoms with van der Waals surface area (Å²) in [4.78, 5) is 0. The molecule has 1 heteroatoms. The second-order valence-electron chi connectivity index (χ2n) is 4.09. The fourth-order valence-corrected chi connectivity index (χ4v) is 1.98. The van der Waals surface area contributed by atoms with Gasteiger partial charge in [-0.15, -0.1) is 0 Å². The summed E-state index contributed by atoms with van der Waals surface area (Å²) in [6.45, 7) is 2.00. The normalized spacial score (nSPS) is 10.4. The number of allylic oxidation sites excluding steroid dienone is 2. The van der Waals surface area contributed by atoms with E-state index in [1.165, 1.54) is 51.4 Å². The zero-order valence-electron chi connectivity index (χ0n) is 10.6. The molecule has 0 rings (SSSR count). The monoisotopic (exact) mass is 284 g/mol. The maximum absolute atomic E-state index is 3.46. The van der Waals surface area contributed by atoms with Gasteiger partial charge in [0, 0.05) is 11.8 Å². The number of unbranched alkanes of at least 4 members (excludes halogenated alkanes) is 8. The number of halogens is 1. The molecule has 0 fully saturated rings. The van der Waals surface area contributed by atoms with Crippen molar-refractivity contribution >= 4 is 15.9 Å². The summed E-state index contributed by atoms with van der Waals surface area (Å²) < 4.78 is 0. The van der Waals surface area contributed by atoms with Gasteiger partial charge in [0.15, 0.2) is 0 Å². The predicted molar refractivity (Wildman–Crippen MR) is 77.9 cm³/mol. The minimum atomic E-state index is 1.06. The molecular formula is C15H25Br. The molecule has 0 aromatic carbocycles. The Labute approximate surface area is 110 Å². The molecule has 0 aliphatic rings. The van der Waals surface area contributed by atoms with Crippen LogP contribution in [0.4, 0.5) is 0 Å². The first-order valence-electron chi connectivity index (χ1n) is 6.57. The minimum absolute atomic E-state index is 1.06. The molecule has 0 amide bonds. The van der Waals surface area contributed by atoms with Gasteiger partial charge in [-0.05, 0) is 25.8 Å². The Morgan fingerprint density at radius 1 is 0.875 bits per heavy atom. The van der Waals surface area contributed by atoms with Gasteiger partial charge in [-0.3, -0.25) is 0 Å². The van der Waals surface area contributed by atoms with Crippen molar-refractivity contribution in [1.82, 2.24) is 0 Å². The standard InChI is InChI=1S/C15H25Br/c1-2-3-4-5-6-7-8-9-10-11-12-13-14-15-16/h2-3H,6-15H2,1H3/b3-2-. The highest BCUT2D eigenvalue weighted by molar-refractivity contribution is 9.09. The van der Waals surface area contributed by atoms with Crippen molar-refractivity contribution in [3.8, 4) is 11.8 Å². The fourth-order valence-electron chi connectivity index (χ4n) is 1.58. The lowest BCUT2D eigenvalue weighted by Gasteiger charge is -1.99. The highest BCUT2D eigenvalue weighted by atomic mass is 79.9. The van der Waals surface area contributed by atoms with Gasteiger partial charge in [-0.2, -0.15) is 0 Å². The number of alkyl halides is 1. The molecule has 0 saturated heterocycles. The van der Waals surface area contributed by atoms with Crippen LogP contribution in [0.2, 0.25) is 0 Å². The lowest BCUT2D eigenvalue weighted by Crippen LogP contribution is -1.81. The molecule has 0 radical (unpaired) electrons. The first-order chi connectivity index (χ1) is 7.91. The van der Waals surface area contributed by atoms with E-state index in [1.54, 1.807) is 0 Å². The Bertz CT molecular complexity index is 207. The van der Waals surface area contributed by atoms with E-state index >= 15 is 0 Å². The smallest absolute Gasteiger partial charge is 0.00922 e. The molecule has 0 N–H and O–H groups in total. The molecule has 0 aliphatic heterocycles. The first-order valence-corrected chi connectivity index (χ1v) is 7.69. The van der Waals surface area contributed by atoms with Crippen molar-refractivity contribution in [3.05, 3.63) is 12.2 Å². The SMILES string of the molecule is C/C=C\C#CCCCCCCCCCCBr. The average Bonchev–Trinajstić information content (AvgIpc) is 2.31. The van der Waals surface area contributed by atoms with E-state index in [9.17, 15) is 0 Å². The van der Waals surface area contributed by atoms with Crippen LogP contribution in [0.5, 0.6) is 0 Å². The van der Waals surface area contributed by atoms with Crippen molar-refractivity contribution in [2.45, 2.75) is 64.7 Å². The largest absolute Gasteiger partial charge is 0.0985 e. The molecule has 0 nitrogen and oxygen atoms in total. The van der Waals surface area contributed by atoms with Crippen LogP contribution in [0.15, 0.2) is 12.2 Å². The van der Waals surface area contributed by atoms with E-state index < -0.39 is 0 Å². The number of hydrogen-bond donors (Lipinski definition) is 0. The lowest BCUT2D eigenvalue weighted by atomic mass is 10.1. The average molecular weight is 285 g/mol. The maximum Gasteiger partial charge on any atom is 0.00922 e. The van der Waals surface area contributed by atoms with Crippen LogP contribution in [0.1, 0.15) is 64.7 Å². The third kappa shape index (κ3) is 13.8. The van der Waals surface area contributed by atoms with Gasteiger partial charge in [-0.1, -0.05) is 72.4 Å². The van der Waals surface area contributed by atoms with Crippen molar-refractivity contribution in [1.29, 1.82) is 0 Å². The Morgan fingerprint density at radius 3 is 2.00 bits per heavy atom. The van der Waals surface area contributed by atoms with Crippen molar-refractivity contribution in [2.75, 3.05) is 5.33 Å². The second-order valence-corrected chi connectivity index (χ2v) is 4.88. The Kier molecular flexibility index (Phi) is 14.6. The van der Waals surface area contributed by atoms with E-state index in [-0.39, 0.29) is 0 Å². The molecule has 0 saturated carbocycles. The molecule has 0 atom stereocenters. The third-order valence-corrected chi connectivity index (χ3v) is 3.10. The lowest BCUT2D eigenvalue weighted by molar-refractivity contribution is 0.580. The minimum Gasteiger partial charge on any atom is -0.0985 e. The van der Waals surface area contributed by atoms with Crippen molar-refractivity contribution in [3.63, 3.8) is 0 Å². The van der Waals surface area contributed by atoms with Gasteiger partial charge in [0.25, 0.3) is 0 Å². The zero-order valence-corrected chi connectivity index (χ0v) is 12.2. The summed E-state index contributed by atoms with van der Waals surface area (Å²) in [6.07, 6.45) is 15.9. The van der Waals surface area contributed by atoms with Gasteiger partial charge < -0.3 is 0 Å². The van der Waals surface area contributed by atoms with E-state index in [2.05, 4.69) is 27.8 Å². The van der Waals surface area contributed by atoms with E-state index in [1.807, 2.05) is 19.1 Å². The number of hydrogen-bond acceptors (Lipinski definition) is 0. The predicted octanol–water partition coefficient (Wildman–Crippen LogP) is 5.47. The maximum atomic E-state index is 3.46. The van der Waals surface area contributed by atoms with Crippen LogP contribution in [0, 0.1) is 11.8 Å². The van der Waals surface area contributed by atoms with Crippen LogP contribution in [-0.4, -0.2) is 5.33 Å². The van der Waals surface area contributed by atoms with Crippen molar-refractivity contribution in [2.24, 2.45) is 0 Å². The van der Waals surface area contributed by atoms with Gasteiger partial charge in [-0.25, -0.2) is 0 Å². The molecule has 0 aliphatic carbocycles. The number of rotatable bonds is 9. The van der Waals surface area contributed by atoms with Crippen LogP contribution in [-0.2, 0) is 0 Å². The molecule has 0 spiro atoms. The molecule has 16 heavy (non-hydrogen) atoms. The molecule has 0 aromatic rings. The molecular weight excluding hydrogens is 260 g/mol. The topological polar surface area (TPSA) is 0 Å². The Hall–Kier alpha value is -0.220. The molecule has 0 unspecified atom stereocenters. The summed E-state index contributed by atoms with van der Waals surface area (Å²) >= 11 is 3.46. The van der Waals surface area contributed by atoms with Gasteiger partial charge >= 0.3 is 0 Å². The summed E-state index contributed by atoms with van der Waals surface area (Å²) in [6, 6.07) is 0. The van der Waals surface area contributed by atoms with Crippen molar-refractivity contribution < 1.29 is 0 Å². The Morgan fingerprint density at radius 2 is 1.44 bits per heavy atom. The zero-order chi connectivity index (χ0) is 11.9. The van der Waals surface area contributed by atoms with Crippen LogP contribution in [0.3, 0.4) is 0 Å². The van der Waals surface area contributed by atoms with Gasteiger partial charge in [0.2, 0.25) is 0 Å². The summed E-state index contributed by atoms with van der Waals surface area (Å²) in [5.41, 5.74) is 0. The summed E-state index contributed by atoms with van der Waals surface area (Å²) in [7, 11) is 0. The Balaban J connectivity index is 3.02. The van der Waals surface area contributed by atoms with Crippen LogP contribution in [0.25, 0.3) is 0 Å². The summed E-state index contributed by atoms with van der Waals surface area (Å²) in [5.74, 6) is 6.19. The highest BCUT2D eigenvalue weighted by Gasteiger charge is 1.91. The van der Waals surface area contributed by atoms with Gasteiger partial charge in [0.1, 0.15) is 0 Å². The van der Waals surface area contributed by atoms with E-state index in [0.29, 0.717) is 0 Å². The van der Waals surface area contributed by atoms with Gasteiger partial charge in [0.05, 0.1) is 0 Å². The molecule has 0 heterocycles. The second kappa shape index (κ2) is 14.8.